The van der Waals surface area contributed by atoms with Gasteiger partial charge in [0.2, 0.25) is 0 Å². The summed E-state index contributed by atoms with van der Waals surface area (Å²) in [4.78, 5) is 15.1. The summed E-state index contributed by atoms with van der Waals surface area (Å²) in [5, 5.41) is 9.57. The maximum atomic E-state index is 10.8. The van der Waals surface area contributed by atoms with E-state index in [1.165, 1.54) is 5.56 Å². The van der Waals surface area contributed by atoms with Gasteiger partial charge in [0, 0.05) is 35.7 Å². The van der Waals surface area contributed by atoms with Crippen LogP contribution < -0.4 is 0 Å². The summed E-state index contributed by atoms with van der Waals surface area (Å²) in [5.41, 5.74) is 1.21. The SMILES string of the molecule is O=C(O)CN1CCCN(Cc2ccc(Cl)cc2Br)CC1. The Morgan fingerprint density at radius 1 is 1.25 bits per heavy atom. The van der Waals surface area contributed by atoms with Crippen LogP contribution in [0.25, 0.3) is 0 Å². The van der Waals surface area contributed by atoms with Crippen molar-refractivity contribution >= 4 is 33.5 Å². The van der Waals surface area contributed by atoms with E-state index in [0.29, 0.717) is 0 Å². The summed E-state index contributed by atoms with van der Waals surface area (Å²) >= 11 is 9.49. The number of nitrogens with zero attached hydrogens (tertiary/aromatic N) is 2. The number of aliphatic carboxylic acids is 1. The van der Waals surface area contributed by atoms with E-state index in [-0.39, 0.29) is 6.54 Å². The molecule has 1 aromatic rings. The second kappa shape index (κ2) is 7.41. The van der Waals surface area contributed by atoms with Crippen molar-refractivity contribution < 1.29 is 9.90 Å². The molecule has 1 aromatic carbocycles. The van der Waals surface area contributed by atoms with Crippen molar-refractivity contribution in [1.29, 1.82) is 0 Å². The highest BCUT2D eigenvalue weighted by Crippen LogP contribution is 2.23. The number of hydrogen-bond acceptors (Lipinski definition) is 3. The van der Waals surface area contributed by atoms with Crippen molar-refractivity contribution in [2.24, 2.45) is 0 Å². The van der Waals surface area contributed by atoms with Crippen molar-refractivity contribution in [1.82, 2.24) is 9.80 Å². The van der Waals surface area contributed by atoms with Gasteiger partial charge in [0.25, 0.3) is 0 Å². The van der Waals surface area contributed by atoms with E-state index < -0.39 is 5.97 Å². The van der Waals surface area contributed by atoms with Crippen molar-refractivity contribution in [3.8, 4) is 0 Å². The fraction of sp³-hybridized carbons (Fsp3) is 0.500. The summed E-state index contributed by atoms with van der Waals surface area (Å²) in [6.07, 6.45) is 0.999. The number of hydrogen-bond donors (Lipinski definition) is 1. The van der Waals surface area contributed by atoms with Gasteiger partial charge in [0.15, 0.2) is 0 Å². The van der Waals surface area contributed by atoms with E-state index >= 15 is 0 Å². The smallest absolute Gasteiger partial charge is 0.317 e. The number of carboxylic acids is 1. The molecule has 1 heterocycles. The van der Waals surface area contributed by atoms with Gasteiger partial charge in [-0.2, -0.15) is 0 Å². The van der Waals surface area contributed by atoms with E-state index in [2.05, 4.69) is 20.8 Å². The van der Waals surface area contributed by atoms with Crippen LogP contribution in [0.3, 0.4) is 0 Å². The van der Waals surface area contributed by atoms with Crippen LogP contribution >= 0.6 is 27.5 Å². The number of carboxylic acid groups (broad SMARTS) is 1. The number of rotatable bonds is 4. The lowest BCUT2D eigenvalue weighted by atomic mass is 10.2. The van der Waals surface area contributed by atoms with Gasteiger partial charge < -0.3 is 5.11 Å². The first-order valence-corrected chi connectivity index (χ1v) is 7.82. The fourth-order valence-electron chi connectivity index (χ4n) is 2.42. The molecule has 1 saturated heterocycles. The largest absolute Gasteiger partial charge is 0.480 e. The van der Waals surface area contributed by atoms with Gasteiger partial charge in [-0.05, 0) is 30.7 Å². The Balaban J connectivity index is 1.92. The van der Waals surface area contributed by atoms with Gasteiger partial charge in [-0.25, -0.2) is 0 Å². The second-order valence-electron chi connectivity index (χ2n) is 5.04. The Labute approximate surface area is 132 Å². The predicted molar refractivity (Wildman–Crippen MR) is 83.1 cm³/mol. The van der Waals surface area contributed by atoms with Crippen LogP contribution in [-0.2, 0) is 11.3 Å². The fourth-order valence-corrected chi connectivity index (χ4v) is 3.23. The molecule has 110 valence electrons. The second-order valence-corrected chi connectivity index (χ2v) is 6.33. The van der Waals surface area contributed by atoms with E-state index in [9.17, 15) is 4.79 Å². The minimum Gasteiger partial charge on any atom is -0.480 e. The molecule has 1 fully saturated rings. The third-order valence-electron chi connectivity index (χ3n) is 3.45. The maximum absolute atomic E-state index is 10.8. The van der Waals surface area contributed by atoms with E-state index in [0.717, 1.165) is 48.6 Å². The maximum Gasteiger partial charge on any atom is 0.317 e. The summed E-state index contributed by atoms with van der Waals surface area (Å²) in [6, 6.07) is 5.84. The number of halogens is 2. The molecule has 0 saturated carbocycles. The number of carbonyl (C=O) groups is 1. The molecule has 0 aromatic heterocycles. The quantitative estimate of drug-likeness (QED) is 0.895. The minimum atomic E-state index is -0.751. The molecule has 0 amide bonds. The zero-order valence-corrected chi connectivity index (χ0v) is 13.5. The highest BCUT2D eigenvalue weighted by atomic mass is 79.9. The van der Waals surface area contributed by atoms with Crippen molar-refractivity contribution in [3.63, 3.8) is 0 Å². The molecular formula is C14H18BrClN2O2. The van der Waals surface area contributed by atoms with Gasteiger partial charge in [-0.1, -0.05) is 33.6 Å². The van der Waals surface area contributed by atoms with Gasteiger partial charge in [0.1, 0.15) is 0 Å². The molecule has 0 spiro atoms. The lowest BCUT2D eigenvalue weighted by Crippen LogP contribution is -2.34. The molecule has 0 bridgehead atoms. The standard InChI is InChI=1S/C14H18BrClN2O2/c15-13-8-12(16)3-2-11(13)9-17-4-1-5-18(7-6-17)10-14(19)20/h2-3,8H,1,4-7,9-10H2,(H,19,20). The normalized spacial score (nSPS) is 17.9. The summed E-state index contributed by atoms with van der Waals surface area (Å²) < 4.78 is 1.02. The van der Waals surface area contributed by atoms with Crippen LogP contribution in [-0.4, -0.2) is 53.6 Å². The zero-order chi connectivity index (χ0) is 14.5. The molecule has 1 N–H and O–H groups in total. The topological polar surface area (TPSA) is 43.8 Å². The van der Waals surface area contributed by atoms with E-state index in [1.807, 2.05) is 23.1 Å². The predicted octanol–water partition coefficient (Wildman–Crippen LogP) is 2.69. The molecule has 0 radical (unpaired) electrons. The average Bonchev–Trinajstić information content (AvgIpc) is 2.58. The Hall–Kier alpha value is -0.620. The van der Waals surface area contributed by atoms with Crippen LogP contribution in [0.1, 0.15) is 12.0 Å². The van der Waals surface area contributed by atoms with Gasteiger partial charge in [0.05, 0.1) is 6.54 Å². The van der Waals surface area contributed by atoms with Crippen molar-refractivity contribution in [3.05, 3.63) is 33.3 Å². The molecule has 0 aliphatic carbocycles. The summed E-state index contributed by atoms with van der Waals surface area (Å²) in [7, 11) is 0. The van der Waals surface area contributed by atoms with Crippen LogP contribution in [0.5, 0.6) is 0 Å². The first kappa shape index (κ1) is 15.8. The van der Waals surface area contributed by atoms with Crippen LogP contribution in [0, 0.1) is 0 Å². The molecule has 20 heavy (non-hydrogen) atoms. The van der Waals surface area contributed by atoms with Crippen molar-refractivity contribution in [2.45, 2.75) is 13.0 Å². The lowest BCUT2D eigenvalue weighted by Gasteiger charge is -2.21. The third kappa shape index (κ3) is 4.74. The Kier molecular flexibility index (Phi) is 5.84. The lowest BCUT2D eigenvalue weighted by molar-refractivity contribution is -0.138. The average molecular weight is 362 g/mol. The van der Waals surface area contributed by atoms with E-state index in [1.54, 1.807) is 0 Å². The summed E-state index contributed by atoms with van der Waals surface area (Å²) in [5.74, 6) is -0.751. The van der Waals surface area contributed by atoms with Gasteiger partial charge in [-0.15, -0.1) is 0 Å². The highest BCUT2D eigenvalue weighted by molar-refractivity contribution is 9.10. The molecule has 2 rings (SSSR count). The molecular weight excluding hydrogens is 344 g/mol. The van der Waals surface area contributed by atoms with Crippen LogP contribution in [0.15, 0.2) is 22.7 Å². The Morgan fingerprint density at radius 2 is 1.95 bits per heavy atom. The Bertz CT molecular complexity index is 484. The molecule has 6 heteroatoms. The van der Waals surface area contributed by atoms with Crippen LogP contribution in [0.4, 0.5) is 0 Å². The zero-order valence-electron chi connectivity index (χ0n) is 11.2. The first-order valence-electron chi connectivity index (χ1n) is 6.65. The minimum absolute atomic E-state index is 0.137. The summed E-state index contributed by atoms with van der Waals surface area (Å²) in [6.45, 7) is 4.53. The van der Waals surface area contributed by atoms with Gasteiger partial charge >= 0.3 is 5.97 Å². The molecule has 4 nitrogen and oxygen atoms in total. The monoisotopic (exact) mass is 360 g/mol. The molecule has 0 atom stereocenters. The molecule has 0 unspecified atom stereocenters. The van der Waals surface area contributed by atoms with E-state index in [4.69, 9.17) is 16.7 Å². The number of benzene rings is 1. The van der Waals surface area contributed by atoms with Crippen LogP contribution in [0.2, 0.25) is 5.02 Å². The van der Waals surface area contributed by atoms with Crippen molar-refractivity contribution in [2.75, 3.05) is 32.7 Å². The highest BCUT2D eigenvalue weighted by Gasteiger charge is 2.17. The van der Waals surface area contributed by atoms with Gasteiger partial charge in [-0.3, -0.25) is 14.6 Å². The molecule has 1 aliphatic heterocycles. The Morgan fingerprint density at radius 3 is 2.65 bits per heavy atom. The first-order chi connectivity index (χ1) is 9.54. The third-order valence-corrected chi connectivity index (χ3v) is 4.42. The molecule has 1 aliphatic rings.